The molecule has 0 spiro atoms. The fraction of sp³-hybridized carbons (Fsp3) is 0.217. The van der Waals surface area contributed by atoms with Crippen molar-refractivity contribution in [2.45, 2.75) is 17.5 Å². The summed E-state index contributed by atoms with van der Waals surface area (Å²) >= 11 is 7.13. The average molecular weight is 521 g/mol. The Morgan fingerprint density at radius 3 is 2.35 bits per heavy atom. The quantitative estimate of drug-likeness (QED) is 0.475. The van der Waals surface area contributed by atoms with Crippen molar-refractivity contribution in [3.63, 3.8) is 0 Å². The van der Waals surface area contributed by atoms with E-state index in [1.54, 1.807) is 36.4 Å². The van der Waals surface area contributed by atoms with Gasteiger partial charge in [0.2, 0.25) is 10.0 Å². The van der Waals surface area contributed by atoms with E-state index in [0.29, 0.717) is 26.2 Å². The Kier molecular flexibility index (Phi) is 6.94. The number of hydrogen-bond acceptors (Lipinski definition) is 7. The topological polar surface area (TPSA) is 93.2 Å². The Bertz CT molecular complexity index is 1320. The lowest BCUT2D eigenvalue weighted by Gasteiger charge is -2.29. The summed E-state index contributed by atoms with van der Waals surface area (Å²) in [7, 11) is -1.48. The summed E-state index contributed by atoms with van der Waals surface area (Å²) in [6.07, 6.45) is 0. The SMILES string of the molecule is COC(=O)C1CN(C(=O)c2ccc(Cl)s2)c2ccccc2CN1S(=O)(=O)c1ccc(OC)cc1. The number of carbonyl (C=O) groups excluding carboxylic acids is 2. The number of ether oxygens (including phenoxy) is 2. The molecule has 0 aliphatic carbocycles. The van der Waals surface area contributed by atoms with Crippen LogP contribution in [0.4, 0.5) is 5.69 Å². The van der Waals surface area contributed by atoms with Crippen LogP contribution in [-0.2, 0) is 26.1 Å². The molecule has 0 saturated carbocycles. The zero-order valence-corrected chi connectivity index (χ0v) is 20.7. The molecule has 178 valence electrons. The van der Waals surface area contributed by atoms with E-state index in [-0.39, 0.29) is 23.9 Å². The number of nitrogens with zero attached hydrogens (tertiary/aromatic N) is 2. The van der Waals surface area contributed by atoms with Crippen LogP contribution in [-0.4, -0.2) is 51.4 Å². The summed E-state index contributed by atoms with van der Waals surface area (Å²) in [6, 6.07) is 14.8. The van der Waals surface area contributed by atoms with Crippen molar-refractivity contribution in [3.05, 3.63) is 75.4 Å². The maximum Gasteiger partial charge on any atom is 0.326 e. The molecule has 8 nitrogen and oxygen atoms in total. The van der Waals surface area contributed by atoms with Gasteiger partial charge in [-0.15, -0.1) is 11.3 Å². The van der Waals surface area contributed by atoms with E-state index in [2.05, 4.69) is 0 Å². The van der Waals surface area contributed by atoms with Crippen LogP contribution in [0.2, 0.25) is 4.34 Å². The molecule has 2 heterocycles. The summed E-state index contributed by atoms with van der Waals surface area (Å²) in [5.74, 6) is -0.662. The van der Waals surface area contributed by atoms with Crippen LogP contribution < -0.4 is 9.64 Å². The summed E-state index contributed by atoms with van der Waals surface area (Å²) in [4.78, 5) is 28.1. The lowest BCUT2D eigenvalue weighted by Crippen LogP contribution is -2.50. The van der Waals surface area contributed by atoms with Crippen molar-refractivity contribution in [3.8, 4) is 5.75 Å². The molecule has 1 aliphatic rings. The number of benzene rings is 2. The number of sulfonamides is 1. The number of rotatable bonds is 5. The predicted molar refractivity (Wildman–Crippen MR) is 129 cm³/mol. The second-order valence-electron chi connectivity index (χ2n) is 7.41. The molecule has 0 saturated heterocycles. The number of thiophene rings is 1. The summed E-state index contributed by atoms with van der Waals surface area (Å²) in [5.41, 5.74) is 1.08. The minimum Gasteiger partial charge on any atom is -0.497 e. The number of para-hydroxylation sites is 1. The van der Waals surface area contributed by atoms with Crippen LogP contribution >= 0.6 is 22.9 Å². The van der Waals surface area contributed by atoms with Gasteiger partial charge in [-0.2, -0.15) is 4.31 Å². The van der Waals surface area contributed by atoms with Crippen LogP contribution in [0.3, 0.4) is 0 Å². The molecule has 1 aliphatic heterocycles. The Balaban J connectivity index is 1.82. The van der Waals surface area contributed by atoms with E-state index >= 15 is 0 Å². The fourth-order valence-corrected chi connectivity index (χ4v) is 6.31. The third-order valence-electron chi connectivity index (χ3n) is 5.48. The molecule has 0 fully saturated rings. The number of hydrogen-bond donors (Lipinski definition) is 0. The zero-order chi connectivity index (χ0) is 24.5. The highest BCUT2D eigenvalue weighted by Gasteiger charge is 2.42. The van der Waals surface area contributed by atoms with Gasteiger partial charge < -0.3 is 14.4 Å². The van der Waals surface area contributed by atoms with Crippen molar-refractivity contribution >= 4 is 50.5 Å². The molecule has 1 aromatic heterocycles. The molecule has 34 heavy (non-hydrogen) atoms. The lowest BCUT2D eigenvalue weighted by atomic mass is 10.1. The van der Waals surface area contributed by atoms with Crippen molar-refractivity contribution in [1.29, 1.82) is 0 Å². The van der Waals surface area contributed by atoms with Gasteiger partial charge in [-0.3, -0.25) is 9.59 Å². The highest BCUT2D eigenvalue weighted by molar-refractivity contribution is 7.89. The van der Waals surface area contributed by atoms with Gasteiger partial charge in [0, 0.05) is 12.2 Å². The van der Waals surface area contributed by atoms with Gasteiger partial charge in [0.1, 0.15) is 11.8 Å². The molecule has 2 aromatic carbocycles. The monoisotopic (exact) mass is 520 g/mol. The van der Waals surface area contributed by atoms with E-state index in [4.69, 9.17) is 21.1 Å². The van der Waals surface area contributed by atoms with Crippen LogP contribution in [0.1, 0.15) is 15.2 Å². The number of esters is 1. The van der Waals surface area contributed by atoms with Crippen LogP contribution in [0.15, 0.2) is 65.6 Å². The number of anilines is 1. The Hall–Kier alpha value is -2.92. The van der Waals surface area contributed by atoms with Crippen molar-refractivity contribution in [1.82, 2.24) is 4.31 Å². The largest absolute Gasteiger partial charge is 0.497 e. The van der Waals surface area contributed by atoms with Gasteiger partial charge in [0.25, 0.3) is 5.91 Å². The standard InChI is InChI=1S/C23H21ClN2O6S2/c1-31-16-7-9-17(10-8-16)34(29,30)26-13-15-5-3-4-6-18(15)25(14-19(26)23(28)32-2)22(27)20-11-12-21(24)33-20/h3-12,19H,13-14H2,1-2H3. The first kappa shape index (κ1) is 24.2. The van der Waals surface area contributed by atoms with Gasteiger partial charge in [0.15, 0.2) is 0 Å². The number of methoxy groups -OCH3 is 2. The first-order valence-electron chi connectivity index (χ1n) is 10.1. The smallest absolute Gasteiger partial charge is 0.326 e. The van der Waals surface area contributed by atoms with Crippen LogP contribution in [0.25, 0.3) is 0 Å². The third-order valence-corrected chi connectivity index (χ3v) is 8.57. The Morgan fingerprint density at radius 2 is 1.74 bits per heavy atom. The highest BCUT2D eigenvalue weighted by Crippen LogP contribution is 2.34. The molecule has 0 N–H and O–H groups in total. The van der Waals surface area contributed by atoms with Gasteiger partial charge >= 0.3 is 5.97 Å². The fourth-order valence-electron chi connectivity index (χ4n) is 3.77. The second kappa shape index (κ2) is 9.75. The molecule has 1 unspecified atom stereocenters. The van der Waals surface area contributed by atoms with E-state index in [1.807, 2.05) is 0 Å². The lowest BCUT2D eigenvalue weighted by molar-refractivity contribution is -0.144. The first-order chi connectivity index (χ1) is 16.3. The van der Waals surface area contributed by atoms with E-state index < -0.39 is 22.0 Å². The second-order valence-corrected chi connectivity index (χ2v) is 11.0. The molecular formula is C23H21ClN2O6S2. The molecule has 3 aromatic rings. The number of fused-ring (bicyclic) bond motifs is 1. The van der Waals surface area contributed by atoms with Crippen molar-refractivity contribution in [2.24, 2.45) is 0 Å². The van der Waals surface area contributed by atoms with Gasteiger partial charge in [-0.1, -0.05) is 29.8 Å². The Labute approximate surface area is 206 Å². The number of halogens is 1. The molecular weight excluding hydrogens is 500 g/mol. The van der Waals surface area contributed by atoms with E-state index in [0.717, 1.165) is 15.6 Å². The first-order valence-corrected chi connectivity index (χ1v) is 12.8. The average Bonchev–Trinajstić information content (AvgIpc) is 3.20. The predicted octanol–water partition coefficient (Wildman–Crippen LogP) is 3.80. The summed E-state index contributed by atoms with van der Waals surface area (Å²) in [5, 5.41) is 0. The number of carbonyl (C=O) groups is 2. The molecule has 0 radical (unpaired) electrons. The van der Waals surface area contributed by atoms with Crippen LogP contribution in [0.5, 0.6) is 5.75 Å². The molecule has 11 heteroatoms. The van der Waals surface area contributed by atoms with Gasteiger partial charge in [-0.05, 0) is 48.0 Å². The zero-order valence-electron chi connectivity index (χ0n) is 18.3. The normalized spacial score (nSPS) is 16.4. The Morgan fingerprint density at radius 1 is 1.03 bits per heavy atom. The van der Waals surface area contributed by atoms with E-state index in [9.17, 15) is 18.0 Å². The highest BCUT2D eigenvalue weighted by atomic mass is 35.5. The number of amides is 1. The minimum atomic E-state index is -4.15. The maximum absolute atomic E-state index is 13.7. The maximum atomic E-state index is 13.7. The molecule has 4 rings (SSSR count). The van der Waals surface area contributed by atoms with Crippen molar-refractivity contribution < 1.29 is 27.5 Å². The van der Waals surface area contributed by atoms with E-state index in [1.165, 1.54) is 43.4 Å². The molecule has 0 bridgehead atoms. The molecule has 1 amide bonds. The minimum absolute atomic E-state index is 0.00972. The van der Waals surface area contributed by atoms with Gasteiger partial charge in [-0.25, -0.2) is 8.42 Å². The van der Waals surface area contributed by atoms with Gasteiger partial charge in [0.05, 0.1) is 34.9 Å². The van der Waals surface area contributed by atoms with Crippen molar-refractivity contribution in [2.75, 3.05) is 25.7 Å². The van der Waals surface area contributed by atoms with Crippen LogP contribution in [0, 0.1) is 0 Å². The summed E-state index contributed by atoms with van der Waals surface area (Å²) < 4.78 is 39.0. The summed E-state index contributed by atoms with van der Waals surface area (Å²) in [6.45, 7) is -0.354. The third kappa shape index (κ3) is 4.54. The molecule has 1 atom stereocenters.